The van der Waals surface area contributed by atoms with Crippen LogP contribution in [0.3, 0.4) is 0 Å². The SMILES string of the molecule is N#Cc1cccc(CN(C(C(N)=O)c2ccccc2)S(=O)(=O)c2ccc(Cl)cc2)c1. The zero-order valence-corrected chi connectivity index (χ0v) is 17.3. The highest BCUT2D eigenvalue weighted by molar-refractivity contribution is 7.89. The number of rotatable bonds is 7. The van der Waals surface area contributed by atoms with E-state index in [9.17, 15) is 13.2 Å². The Hall–Kier alpha value is -3.18. The normalized spacial score (nSPS) is 12.3. The number of hydrogen-bond acceptors (Lipinski definition) is 4. The van der Waals surface area contributed by atoms with Gasteiger partial charge in [0.05, 0.1) is 16.5 Å². The molecule has 0 bridgehead atoms. The van der Waals surface area contributed by atoms with Gasteiger partial charge in [0.2, 0.25) is 15.9 Å². The molecule has 0 aliphatic rings. The van der Waals surface area contributed by atoms with Crippen molar-refractivity contribution in [2.45, 2.75) is 17.5 Å². The number of carbonyl (C=O) groups is 1. The molecule has 3 aromatic carbocycles. The fourth-order valence-electron chi connectivity index (χ4n) is 3.08. The van der Waals surface area contributed by atoms with Crippen molar-refractivity contribution in [1.29, 1.82) is 5.26 Å². The quantitative estimate of drug-likeness (QED) is 0.606. The topological polar surface area (TPSA) is 104 Å². The summed E-state index contributed by atoms with van der Waals surface area (Å²) in [6, 6.07) is 21.5. The van der Waals surface area contributed by atoms with Gasteiger partial charge in [-0.1, -0.05) is 54.1 Å². The Morgan fingerprint density at radius 1 is 1.03 bits per heavy atom. The summed E-state index contributed by atoms with van der Waals surface area (Å²) in [7, 11) is -4.14. The molecule has 0 aliphatic carbocycles. The van der Waals surface area contributed by atoms with Gasteiger partial charge in [-0.25, -0.2) is 8.42 Å². The van der Waals surface area contributed by atoms with Gasteiger partial charge in [-0.2, -0.15) is 9.57 Å². The average molecular weight is 440 g/mol. The summed E-state index contributed by atoms with van der Waals surface area (Å²) in [5.41, 5.74) is 7.03. The predicted octanol–water partition coefficient (Wildman–Crippen LogP) is 3.63. The Labute approximate surface area is 180 Å². The van der Waals surface area contributed by atoms with Crippen LogP contribution in [-0.4, -0.2) is 18.6 Å². The summed E-state index contributed by atoms with van der Waals surface area (Å²) in [5.74, 6) is -0.810. The second-order valence-corrected chi connectivity index (χ2v) is 8.86. The van der Waals surface area contributed by atoms with Crippen LogP contribution >= 0.6 is 11.6 Å². The predicted molar refractivity (Wildman–Crippen MR) is 114 cm³/mol. The summed E-state index contributed by atoms with van der Waals surface area (Å²) in [6.07, 6.45) is 0. The number of carbonyl (C=O) groups excluding carboxylic acids is 1. The molecule has 0 heterocycles. The maximum atomic E-state index is 13.5. The maximum Gasteiger partial charge on any atom is 0.244 e. The molecule has 8 heteroatoms. The molecule has 0 fully saturated rings. The molecule has 0 saturated heterocycles. The van der Waals surface area contributed by atoms with E-state index in [1.807, 2.05) is 6.07 Å². The number of sulfonamides is 1. The van der Waals surface area contributed by atoms with Gasteiger partial charge in [0, 0.05) is 11.6 Å². The van der Waals surface area contributed by atoms with Crippen LogP contribution in [0, 0.1) is 11.3 Å². The largest absolute Gasteiger partial charge is 0.368 e. The van der Waals surface area contributed by atoms with Crippen molar-refractivity contribution in [2.75, 3.05) is 0 Å². The molecule has 152 valence electrons. The lowest BCUT2D eigenvalue weighted by Gasteiger charge is -2.29. The Morgan fingerprint density at radius 3 is 2.30 bits per heavy atom. The molecular formula is C22H18ClN3O3S. The molecule has 1 amide bonds. The van der Waals surface area contributed by atoms with E-state index < -0.39 is 22.0 Å². The first-order chi connectivity index (χ1) is 14.3. The van der Waals surface area contributed by atoms with E-state index in [0.717, 1.165) is 4.31 Å². The third-order valence-corrected chi connectivity index (χ3v) is 6.56. The Balaban J connectivity index is 2.15. The van der Waals surface area contributed by atoms with Crippen LogP contribution in [-0.2, 0) is 21.4 Å². The number of nitrogens with zero attached hydrogens (tertiary/aromatic N) is 2. The van der Waals surface area contributed by atoms with Crippen LogP contribution in [0.5, 0.6) is 0 Å². The van der Waals surface area contributed by atoms with Gasteiger partial charge < -0.3 is 5.73 Å². The van der Waals surface area contributed by atoms with Gasteiger partial charge in [0.25, 0.3) is 0 Å². The molecular weight excluding hydrogens is 422 g/mol. The van der Waals surface area contributed by atoms with Gasteiger partial charge in [-0.05, 0) is 47.5 Å². The molecule has 1 unspecified atom stereocenters. The maximum absolute atomic E-state index is 13.5. The van der Waals surface area contributed by atoms with Crippen molar-refractivity contribution in [2.24, 2.45) is 5.73 Å². The first-order valence-electron chi connectivity index (χ1n) is 8.93. The summed E-state index contributed by atoms with van der Waals surface area (Å²) in [4.78, 5) is 12.4. The van der Waals surface area contributed by atoms with E-state index in [1.54, 1.807) is 54.6 Å². The minimum absolute atomic E-state index is 0.0227. The summed E-state index contributed by atoms with van der Waals surface area (Å²) in [6.45, 7) is -0.150. The second kappa shape index (κ2) is 9.09. The summed E-state index contributed by atoms with van der Waals surface area (Å²) < 4.78 is 28.1. The van der Waals surface area contributed by atoms with Crippen LogP contribution in [0.2, 0.25) is 5.02 Å². The number of benzene rings is 3. The second-order valence-electron chi connectivity index (χ2n) is 6.53. The lowest BCUT2D eigenvalue weighted by atomic mass is 10.1. The van der Waals surface area contributed by atoms with Crippen molar-refractivity contribution >= 4 is 27.5 Å². The van der Waals surface area contributed by atoms with Crippen LogP contribution in [0.1, 0.15) is 22.7 Å². The average Bonchev–Trinajstić information content (AvgIpc) is 2.74. The highest BCUT2D eigenvalue weighted by Crippen LogP contribution is 2.30. The summed E-state index contributed by atoms with van der Waals surface area (Å²) >= 11 is 5.90. The molecule has 3 aromatic rings. The Morgan fingerprint density at radius 2 is 1.70 bits per heavy atom. The first-order valence-corrected chi connectivity index (χ1v) is 10.8. The molecule has 2 N–H and O–H groups in total. The van der Waals surface area contributed by atoms with Crippen molar-refractivity contribution in [1.82, 2.24) is 4.31 Å². The third-order valence-electron chi connectivity index (χ3n) is 4.49. The van der Waals surface area contributed by atoms with Crippen LogP contribution < -0.4 is 5.73 Å². The van der Waals surface area contributed by atoms with E-state index in [4.69, 9.17) is 22.6 Å². The number of primary amides is 1. The highest BCUT2D eigenvalue weighted by Gasteiger charge is 2.36. The van der Waals surface area contributed by atoms with Crippen molar-refractivity contribution in [3.05, 3.63) is 101 Å². The molecule has 3 rings (SSSR count). The lowest BCUT2D eigenvalue weighted by molar-refractivity contribution is -0.122. The van der Waals surface area contributed by atoms with E-state index in [1.165, 1.54) is 24.3 Å². The lowest BCUT2D eigenvalue weighted by Crippen LogP contribution is -2.41. The monoisotopic (exact) mass is 439 g/mol. The molecule has 0 aromatic heterocycles. The van der Waals surface area contributed by atoms with Crippen molar-refractivity contribution < 1.29 is 13.2 Å². The smallest absolute Gasteiger partial charge is 0.244 e. The molecule has 0 radical (unpaired) electrons. The van der Waals surface area contributed by atoms with Gasteiger partial charge >= 0.3 is 0 Å². The number of nitrogens with two attached hydrogens (primary N) is 1. The highest BCUT2D eigenvalue weighted by atomic mass is 35.5. The van der Waals surface area contributed by atoms with E-state index >= 15 is 0 Å². The third kappa shape index (κ3) is 4.69. The van der Waals surface area contributed by atoms with Gasteiger partial charge in [0.15, 0.2) is 0 Å². The summed E-state index contributed by atoms with van der Waals surface area (Å²) in [5, 5.41) is 9.55. The molecule has 0 saturated carbocycles. The molecule has 1 atom stereocenters. The molecule has 6 nitrogen and oxygen atoms in total. The number of nitriles is 1. The number of amides is 1. The molecule has 0 aliphatic heterocycles. The number of halogens is 1. The standard InChI is InChI=1S/C22H18ClN3O3S/c23-19-9-11-20(12-10-19)30(28,29)26(15-17-6-4-5-16(13-17)14-24)21(22(25)27)18-7-2-1-3-8-18/h1-13,21H,15H2,(H2,25,27). The van der Waals surface area contributed by atoms with E-state index in [-0.39, 0.29) is 11.4 Å². The van der Waals surface area contributed by atoms with Crippen molar-refractivity contribution in [3.63, 3.8) is 0 Å². The molecule has 0 spiro atoms. The van der Waals surface area contributed by atoms with Gasteiger partial charge in [0.1, 0.15) is 6.04 Å². The zero-order valence-electron chi connectivity index (χ0n) is 15.8. The van der Waals surface area contributed by atoms with E-state index in [2.05, 4.69) is 0 Å². The Bertz CT molecular complexity index is 1190. The minimum atomic E-state index is -4.14. The van der Waals surface area contributed by atoms with Crippen LogP contribution in [0.4, 0.5) is 0 Å². The molecule has 30 heavy (non-hydrogen) atoms. The Kier molecular flexibility index (Phi) is 6.53. The van der Waals surface area contributed by atoms with Crippen LogP contribution in [0.15, 0.2) is 83.8 Å². The fraction of sp³-hybridized carbons (Fsp3) is 0.0909. The zero-order chi connectivity index (χ0) is 21.7. The van der Waals surface area contributed by atoms with Crippen molar-refractivity contribution in [3.8, 4) is 6.07 Å². The van der Waals surface area contributed by atoms with Crippen LogP contribution in [0.25, 0.3) is 0 Å². The van der Waals surface area contributed by atoms with Gasteiger partial charge in [-0.15, -0.1) is 0 Å². The van der Waals surface area contributed by atoms with Gasteiger partial charge in [-0.3, -0.25) is 4.79 Å². The first kappa shape index (κ1) is 21.5. The van der Waals surface area contributed by atoms with E-state index in [0.29, 0.717) is 21.7 Å². The number of hydrogen-bond donors (Lipinski definition) is 1. The minimum Gasteiger partial charge on any atom is -0.368 e. The fourth-order valence-corrected chi connectivity index (χ4v) is 4.78.